The molecule has 4 N–H and O–H groups in total. The summed E-state index contributed by atoms with van der Waals surface area (Å²) >= 11 is 0. The van der Waals surface area contributed by atoms with Crippen LogP contribution in [-0.2, 0) is 24.5 Å². The van der Waals surface area contributed by atoms with Crippen LogP contribution in [0, 0.1) is 13.8 Å². The zero-order valence-corrected chi connectivity index (χ0v) is 23.5. The zero-order valence-electron chi connectivity index (χ0n) is 22.7. The number of nitrogens with zero attached hydrogens (tertiary/aromatic N) is 2. The number of carbonyl (C=O) groups excluding carboxylic acids is 5. The Morgan fingerprint density at radius 3 is 1.69 bits per heavy atom. The molecule has 0 aromatic heterocycles. The third-order valence-corrected chi connectivity index (χ3v) is 6.90. The molecule has 2 saturated heterocycles. The van der Waals surface area contributed by atoms with E-state index in [1.165, 1.54) is 15.9 Å². The first-order valence-corrected chi connectivity index (χ1v) is 14.1. The number of imide groups is 2. The van der Waals surface area contributed by atoms with Gasteiger partial charge in [-0.05, 0) is 61.4 Å². The minimum atomic E-state index is -4.58. The Hall–Kier alpha value is -4.54. The van der Waals surface area contributed by atoms with Crippen LogP contribution in [0.25, 0.3) is 0 Å². The standard InChI is InChI=1S/C13H16N2O7S.C13H14N2O4/c1-8-6-9(22-7-12(17)23(19,20)21)2-3-10(8)15-5-4-11(16)14-13(15)18;1-9-8-10(19-7-6-16)2-3-11(9)15-5-4-12(17)14-13(15)18/h2-3,6,12,17H,4-5,7H2,1H3,(H,14,16,18)(H,19,20,21);2-3,6,8H,4-5,7H2,1H3,(H,14,17,18). The van der Waals surface area contributed by atoms with Crippen molar-refractivity contribution in [1.82, 2.24) is 10.6 Å². The Bertz CT molecular complexity index is 1480. The van der Waals surface area contributed by atoms with E-state index in [4.69, 9.17) is 14.0 Å². The number of hydrogen-bond donors (Lipinski definition) is 4. The summed E-state index contributed by atoms with van der Waals surface area (Å²) in [6, 6.07) is 8.88. The van der Waals surface area contributed by atoms with Crippen molar-refractivity contribution in [3.63, 3.8) is 0 Å². The number of aldehydes is 1. The van der Waals surface area contributed by atoms with Crippen LogP contribution >= 0.6 is 0 Å². The van der Waals surface area contributed by atoms with E-state index in [0.717, 1.165) is 11.3 Å². The predicted octanol–water partition coefficient (Wildman–Crippen LogP) is 1.05. The number of hydrogen-bond acceptors (Lipinski definition) is 10. The summed E-state index contributed by atoms with van der Waals surface area (Å²) in [6.07, 6.45) is 1.16. The Kier molecular flexibility index (Phi) is 10.6. The molecule has 16 heteroatoms. The SMILES string of the molecule is Cc1cc(OCC(O)S(=O)(=O)O)ccc1N1CCC(=O)NC1=O.Cc1cc(OCC=O)ccc1N1CCC(=O)NC1=O. The number of ether oxygens (including phenoxy) is 2. The van der Waals surface area contributed by atoms with E-state index < -0.39 is 34.2 Å². The van der Waals surface area contributed by atoms with Gasteiger partial charge in [0.25, 0.3) is 10.1 Å². The molecule has 6 amide bonds. The highest BCUT2D eigenvalue weighted by Gasteiger charge is 2.26. The second kappa shape index (κ2) is 13.9. The number of aryl methyl sites for hydroxylation is 2. The number of carbonyl (C=O) groups is 5. The molecule has 2 aliphatic rings. The minimum Gasteiger partial charge on any atom is -0.490 e. The Balaban J connectivity index is 0.000000235. The van der Waals surface area contributed by atoms with Crippen LogP contribution in [0.3, 0.4) is 0 Å². The van der Waals surface area contributed by atoms with E-state index in [2.05, 4.69) is 10.6 Å². The summed E-state index contributed by atoms with van der Waals surface area (Å²) in [5.74, 6) is 0.247. The summed E-state index contributed by atoms with van der Waals surface area (Å²) in [6.45, 7) is 3.54. The largest absolute Gasteiger partial charge is 0.490 e. The molecule has 0 aliphatic carbocycles. The number of anilines is 2. The van der Waals surface area contributed by atoms with E-state index in [1.807, 2.05) is 6.92 Å². The highest BCUT2D eigenvalue weighted by molar-refractivity contribution is 7.86. The number of aliphatic hydroxyl groups excluding tert-OH is 1. The highest BCUT2D eigenvalue weighted by atomic mass is 32.2. The summed E-state index contributed by atoms with van der Waals surface area (Å²) in [7, 11) is -4.58. The van der Waals surface area contributed by atoms with Gasteiger partial charge in [-0.25, -0.2) is 9.59 Å². The molecule has 1 atom stereocenters. The first-order valence-electron chi connectivity index (χ1n) is 12.6. The summed E-state index contributed by atoms with van der Waals surface area (Å²) in [5.41, 5.74) is 0.767. The molecule has 42 heavy (non-hydrogen) atoms. The van der Waals surface area contributed by atoms with Crippen LogP contribution in [0.2, 0.25) is 0 Å². The van der Waals surface area contributed by atoms with Crippen LogP contribution in [-0.4, -0.2) is 80.0 Å². The summed E-state index contributed by atoms with van der Waals surface area (Å²) < 4.78 is 40.3. The molecule has 0 bridgehead atoms. The fraction of sp³-hybridized carbons (Fsp3) is 0.346. The van der Waals surface area contributed by atoms with Crippen molar-refractivity contribution in [3.8, 4) is 11.5 Å². The van der Waals surface area contributed by atoms with Gasteiger partial charge in [-0.2, -0.15) is 8.42 Å². The lowest BCUT2D eigenvalue weighted by atomic mass is 10.1. The summed E-state index contributed by atoms with van der Waals surface area (Å²) in [4.78, 5) is 58.9. The average Bonchev–Trinajstić information content (AvgIpc) is 2.91. The Morgan fingerprint density at radius 2 is 1.31 bits per heavy atom. The van der Waals surface area contributed by atoms with E-state index in [0.29, 0.717) is 29.8 Å². The van der Waals surface area contributed by atoms with Crippen LogP contribution in [0.5, 0.6) is 11.5 Å². The minimum absolute atomic E-state index is 0.00249. The van der Waals surface area contributed by atoms with Gasteiger partial charge in [-0.15, -0.1) is 0 Å². The number of amides is 6. The monoisotopic (exact) mass is 606 g/mol. The highest BCUT2D eigenvalue weighted by Crippen LogP contribution is 2.27. The Morgan fingerprint density at radius 1 is 0.857 bits per heavy atom. The quantitative estimate of drug-likeness (QED) is 0.234. The third kappa shape index (κ3) is 8.48. The van der Waals surface area contributed by atoms with Crippen molar-refractivity contribution in [1.29, 1.82) is 0 Å². The molecule has 1 unspecified atom stereocenters. The molecule has 2 fully saturated rings. The lowest BCUT2D eigenvalue weighted by molar-refractivity contribution is -0.121. The number of rotatable bonds is 9. The molecule has 0 radical (unpaired) electrons. The van der Waals surface area contributed by atoms with E-state index in [9.17, 15) is 37.5 Å². The van der Waals surface area contributed by atoms with Gasteiger partial charge >= 0.3 is 12.1 Å². The fourth-order valence-electron chi connectivity index (χ4n) is 4.01. The normalized spacial score (nSPS) is 16.1. The molecule has 4 rings (SSSR count). The second-order valence-electron chi connectivity index (χ2n) is 9.16. The van der Waals surface area contributed by atoms with Crippen molar-refractivity contribution >= 4 is 51.7 Å². The molecule has 0 saturated carbocycles. The first-order chi connectivity index (χ1) is 19.8. The van der Waals surface area contributed by atoms with Gasteiger partial charge in [-0.1, -0.05) is 0 Å². The van der Waals surface area contributed by atoms with Crippen molar-refractivity contribution < 1.29 is 51.5 Å². The van der Waals surface area contributed by atoms with Crippen molar-refractivity contribution in [3.05, 3.63) is 47.5 Å². The Labute approximate surface area is 241 Å². The van der Waals surface area contributed by atoms with Crippen LogP contribution in [0.15, 0.2) is 36.4 Å². The molecule has 2 aliphatic heterocycles. The first kappa shape index (κ1) is 32.0. The number of benzene rings is 2. The maximum Gasteiger partial charge on any atom is 0.328 e. The molecule has 2 aromatic carbocycles. The molecule has 226 valence electrons. The van der Waals surface area contributed by atoms with Gasteiger partial charge in [0.05, 0.1) is 0 Å². The average molecular weight is 607 g/mol. The molecule has 2 heterocycles. The van der Waals surface area contributed by atoms with Gasteiger partial charge < -0.3 is 14.6 Å². The van der Waals surface area contributed by atoms with E-state index >= 15 is 0 Å². The smallest absolute Gasteiger partial charge is 0.328 e. The molecule has 0 spiro atoms. The molecule has 2 aromatic rings. The number of urea groups is 2. The van der Waals surface area contributed by atoms with Crippen molar-refractivity contribution in [2.75, 3.05) is 36.1 Å². The fourth-order valence-corrected chi connectivity index (χ4v) is 4.25. The third-order valence-electron chi connectivity index (χ3n) is 6.08. The molecular formula is C26H30N4O11S. The molecule has 15 nitrogen and oxygen atoms in total. The maximum absolute atomic E-state index is 11.8. The second-order valence-corrected chi connectivity index (χ2v) is 10.7. The van der Waals surface area contributed by atoms with Gasteiger partial charge in [-0.3, -0.25) is 39.4 Å². The maximum atomic E-state index is 11.8. The van der Waals surface area contributed by atoms with E-state index in [1.54, 1.807) is 37.3 Å². The van der Waals surface area contributed by atoms with Gasteiger partial charge in [0.15, 0.2) is 6.29 Å². The molecular weight excluding hydrogens is 576 g/mol. The van der Waals surface area contributed by atoms with Crippen molar-refractivity contribution in [2.24, 2.45) is 0 Å². The lowest BCUT2D eigenvalue weighted by Gasteiger charge is -2.28. The van der Waals surface area contributed by atoms with Gasteiger partial charge in [0.1, 0.15) is 24.7 Å². The van der Waals surface area contributed by atoms with Crippen molar-refractivity contribution in [2.45, 2.75) is 32.1 Å². The topological polar surface area (TPSA) is 209 Å². The van der Waals surface area contributed by atoms with Crippen LogP contribution in [0.1, 0.15) is 24.0 Å². The van der Waals surface area contributed by atoms with E-state index in [-0.39, 0.29) is 43.6 Å². The predicted molar refractivity (Wildman–Crippen MR) is 148 cm³/mol. The van der Waals surface area contributed by atoms with Gasteiger partial charge in [0, 0.05) is 37.3 Å². The van der Waals surface area contributed by atoms with Crippen LogP contribution < -0.4 is 29.9 Å². The van der Waals surface area contributed by atoms with Gasteiger partial charge in [0.2, 0.25) is 17.3 Å². The van der Waals surface area contributed by atoms with Crippen LogP contribution in [0.4, 0.5) is 21.0 Å². The zero-order chi connectivity index (χ0) is 31.0. The lowest BCUT2D eigenvalue weighted by Crippen LogP contribution is -2.49. The summed E-state index contributed by atoms with van der Waals surface area (Å²) in [5, 5.41) is 13.7. The number of aliphatic hydroxyl groups is 1. The number of nitrogens with one attached hydrogen (secondary N) is 2.